The number of nitrogens with one attached hydrogen (secondary N) is 1. The van der Waals surface area contributed by atoms with Crippen molar-refractivity contribution in [2.45, 2.75) is 62.2 Å². The molecule has 0 unspecified atom stereocenters. The van der Waals surface area contributed by atoms with Crippen LogP contribution in [0, 0.1) is 0 Å². The number of para-hydroxylation sites is 1. The lowest BCUT2D eigenvalue weighted by Crippen LogP contribution is -2.38. The molecule has 6 nitrogen and oxygen atoms in total. The minimum absolute atomic E-state index is 0.184. The van der Waals surface area contributed by atoms with Gasteiger partial charge in [-0.05, 0) is 67.3 Å². The predicted molar refractivity (Wildman–Crippen MR) is 139 cm³/mol. The van der Waals surface area contributed by atoms with Crippen LogP contribution in [0.3, 0.4) is 0 Å². The Balaban J connectivity index is 1.13. The van der Waals surface area contributed by atoms with E-state index in [0.29, 0.717) is 36.7 Å². The van der Waals surface area contributed by atoms with Gasteiger partial charge in [-0.15, -0.1) is 0 Å². The van der Waals surface area contributed by atoms with Crippen LogP contribution < -0.4 is 0 Å². The van der Waals surface area contributed by atoms with Crippen LogP contribution in [0.1, 0.15) is 62.0 Å². The summed E-state index contributed by atoms with van der Waals surface area (Å²) in [6, 6.07) is 15.5. The van der Waals surface area contributed by atoms with Gasteiger partial charge >= 0.3 is 0 Å². The van der Waals surface area contributed by atoms with Gasteiger partial charge < -0.3 is 9.88 Å². The number of likely N-dealkylation sites (tertiary alicyclic amines) is 1. The number of carbonyl (C=O) groups is 1. The number of hydrogen-bond donors (Lipinski definition) is 1. The van der Waals surface area contributed by atoms with E-state index in [0.717, 1.165) is 57.2 Å². The quantitative estimate of drug-likeness (QED) is 0.521. The molecule has 5 rings (SSSR count). The molecule has 2 saturated heterocycles. The van der Waals surface area contributed by atoms with Crippen LogP contribution in [0.15, 0.2) is 59.6 Å². The van der Waals surface area contributed by atoms with Crippen molar-refractivity contribution in [3.8, 4) is 0 Å². The van der Waals surface area contributed by atoms with E-state index in [9.17, 15) is 13.2 Å². The van der Waals surface area contributed by atoms with E-state index in [2.05, 4.69) is 29.4 Å². The van der Waals surface area contributed by atoms with Crippen molar-refractivity contribution in [2.24, 2.45) is 0 Å². The van der Waals surface area contributed by atoms with Gasteiger partial charge in [0.15, 0.2) is 0 Å². The second kappa shape index (κ2) is 10.5. The summed E-state index contributed by atoms with van der Waals surface area (Å²) >= 11 is 0. The highest BCUT2D eigenvalue weighted by Crippen LogP contribution is 2.33. The Morgan fingerprint density at radius 1 is 0.886 bits per heavy atom. The minimum atomic E-state index is -3.43. The molecular weight excluding hydrogens is 458 g/mol. The van der Waals surface area contributed by atoms with Crippen molar-refractivity contribution < 1.29 is 13.2 Å². The first kappa shape index (κ1) is 24.1. The number of piperidine rings is 1. The van der Waals surface area contributed by atoms with Gasteiger partial charge in [-0.25, -0.2) is 8.42 Å². The van der Waals surface area contributed by atoms with Crippen molar-refractivity contribution >= 4 is 26.8 Å². The van der Waals surface area contributed by atoms with Crippen LogP contribution in [0.25, 0.3) is 10.9 Å². The Morgan fingerprint density at radius 3 is 2.29 bits per heavy atom. The molecule has 1 aromatic heterocycles. The van der Waals surface area contributed by atoms with E-state index >= 15 is 0 Å². The number of carbonyl (C=O) groups excluding carboxylic acids is 1. The summed E-state index contributed by atoms with van der Waals surface area (Å²) in [5.74, 6) is 0.664. The zero-order valence-corrected chi connectivity index (χ0v) is 21.1. The SMILES string of the molecule is O=C(CCc1ccc(S(=O)(=O)N2CCCCCC2)cc1)N1CCC(c2c[nH]c3ccccc23)CC1. The number of aromatic nitrogens is 1. The molecule has 0 spiro atoms. The second-order valence-electron chi connectivity index (χ2n) is 9.91. The maximum Gasteiger partial charge on any atom is 0.243 e. The van der Waals surface area contributed by atoms with Gasteiger partial charge in [0.2, 0.25) is 15.9 Å². The molecular formula is C28H35N3O3S. The van der Waals surface area contributed by atoms with Gasteiger partial charge in [0.1, 0.15) is 0 Å². The zero-order chi connectivity index (χ0) is 24.3. The minimum Gasteiger partial charge on any atom is -0.361 e. The number of sulfonamides is 1. The fourth-order valence-corrected chi connectivity index (χ4v) is 7.06. The van der Waals surface area contributed by atoms with Gasteiger partial charge in [0, 0.05) is 49.7 Å². The average Bonchev–Trinajstić information content (AvgIpc) is 3.12. The summed E-state index contributed by atoms with van der Waals surface area (Å²) in [5, 5.41) is 1.29. The maximum absolute atomic E-state index is 13.0. The van der Waals surface area contributed by atoms with E-state index in [1.807, 2.05) is 23.1 Å². The maximum atomic E-state index is 13.0. The molecule has 0 saturated carbocycles. The van der Waals surface area contributed by atoms with E-state index in [-0.39, 0.29) is 5.91 Å². The smallest absolute Gasteiger partial charge is 0.243 e. The molecule has 0 atom stereocenters. The number of hydrogen-bond acceptors (Lipinski definition) is 3. The number of rotatable bonds is 6. The van der Waals surface area contributed by atoms with Crippen molar-refractivity contribution in [3.05, 3.63) is 65.9 Å². The Labute approximate surface area is 208 Å². The lowest BCUT2D eigenvalue weighted by Gasteiger charge is -2.32. The summed E-state index contributed by atoms with van der Waals surface area (Å²) in [6.07, 6.45) is 9.23. The van der Waals surface area contributed by atoms with Gasteiger partial charge in [-0.3, -0.25) is 4.79 Å². The lowest BCUT2D eigenvalue weighted by atomic mass is 9.89. The number of benzene rings is 2. The topological polar surface area (TPSA) is 73.5 Å². The first-order valence-electron chi connectivity index (χ1n) is 13.0. The Kier molecular flexibility index (Phi) is 7.25. The van der Waals surface area contributed by atoms with E-state index < -0.39 is 10.0 Å². The number of H-pyrrole nitrogens is 1. The molecule has 2 fully saturated rings. The number of fused-ring (bicyclic) bond motifs is 1. The molecule has 35 heavy (non-hydrogen) atoms. The molecule has 3 heterocycles. The second-order valence-corrected chi connectivity index (χ2v) is 11.8. The summed E-state index contributed by atoms with van der Waals surface area (Å²) in [7, 11) is -3.43. The Bertz CT molecular complexity index is 1250. The van der Waals surface area contributed by atoms with Crippen LogP contribution in [0.4, 0.5) is 0 Å². The van der Waals surface area contributed by atoms with Crippen LogP contribution in [-0.4, -0.2) is 54.7 Å². The highest BCUT2D eigenvalue weighted by molar-refractivity contribution is 7.89. The predicted octanol–water partition coefficient (Wildman–Crippen LogP) is 5.07. The fraction of sp³-hybridized carbons (Fsp3) is 0.464. The highest BCUT2D eigenvalue weighted by atomic mass is 32.2. The molecule has 2 aromatic carbocycles. The van der Waals surface area contributed by atoms with E-state index in [4.69, 9.17) is 0 Å². The summed E-state index contributed by atoms with van der Waals surface area (Å²) < 4.78 is 27.6. The van der Waals surface area contributed by atoms with Gasteiger partial charge in [-0.1, -0.05) is 43.2 Å². The van der Waals surface area contributed by atoms with E-state index in [1.165, 1.54) is 16.5 Å². The van der Waals surface area contributed by atoms with Crippen molar-refractivity contribution in [1.82, 2.24) is 14.2 Å². The molecule has 1 N–H and O–H groups in total. The third-order valence-corrected chi connectivity index (χ3v) is 9.58. The van der Waals surface area contributed by atoms with Crippen LogP contribution >= 0.6 is 0 Å². The molecule has 3 aromatic rings. The normalized spacial score (nSPS) is 18.6. The third kappa shape index (κ3) is 5.31. The largest absolute Gasteiger partial charge is 0.361 e. The van der Waals surface area contributed by atoms with Gasteiger partial charge in [0.05, 0.1) is 4.90 Å². The molecule has 0 aliphatic carbocycles. The summed E-state index contributed by atoms with van der Waals surface area (Å²) in [4.78, 5) is 18.6. The molecule has 7 heteroatoms. The molecule has 0 bridgehead atoms. The zero-order valence-electron chi connectivity index (χ0n) is 20.3. The monoisotopic (exact) mass is 493 g/mol. The van der Waals surface area contributed by atoms with Crippen LogP contribution in [-0.2, 0) is 21.2 Å². The lowest BCUT2D eigenvalue weighted by molar-refractivity contribution is -0.132. The highest BCUT2D eigenvalue weighted by Gasteiger charge is 2.26. The van der Waals surface area contributed by atoms with Crippen LogP contribution in [0.2, 0.25) is 0 Å². The number of nitrogens with zero attached hydrogens (tertiary/aromatic N) is 2. The molecule has 2 aliphatic rings. The molecule has 0 radical (unpaired) electrons. The van der Waals surface area contributed by atoms with Crippen molar-refractivity contribution in [1.29, 1.82) is 0 Å². The van der Waals surface area contributed by atoms with Crippen molar-refractivity contribution in [3.63, 3.8) is 0 Å². The first-order valence-corrected chi connectivity index (χ1v) is 14.4. The third-order valence-electron chi connectivity index (χ3n) is 7.66. The number of amides is 1. The average molecular weight is 494 g/mol. The van der Waals surface area contributed by atoms with Gasteiger partial charge in [-0.2, -0.15) is 4.31 Å². The standard InChI is InChI=1S/C28H35N3O3S/c32-28(30-19-15-23(16-20-30)26-21-29-27-8-4-3-7-25(26)27)14-11-22-9-12-24(13-10-22)35(33,34)31-17-5-1-2-6-18-31/h3-4,7-10,12-13,21,23,29H,1-2,5-6,11,14-20H2. The molecule has 2 aliphatic heterocycles. The van der Waals surface area contributed by atoms with E-state index in [1.54, 1.807) is 16.4 Å². The molecule has 1 amide bonds. The Hall–Kier alpha value is -2.64. The van der Waals surface area contributed by atoms with Crippen molar-refractivity contribution in [2.75, 3.05) is 26.2 Å². The van der Waals surface area contributed by atoms with Gasteiger partial charge in [0.25, 0.3) is 0 Å². The number of aromatic amines is 1. The first-order chi connectivity index (χ1) is 17.0. The summed E-state index contributed by atoms with van der Waals surface area (Å²) in [6.45, 7) is 2.79. The fourth-order valence-electron chi connectivity index (χ4n) is 5.54. The Morgan fingerprint density at radius 2 is 1.57 bits per heavy atom. The molecule has 186 valence electrons. The number of aryl methyl sites for hydroxylation is 1. The van der Waals surface area contributed by atoms with Crippen LogP contribution in [0.5, 0.6) is 0 Å². The summed E-state index contributed by atoms with van der Waals surface area (Å²) in [5.41, 5.74) is 3.54.